The van der Waals surface area contributed by atoms with Gasteiger partial charge in [0, 0.05) is 6.54 Å². The highest BCUT2D eigenvalue weighted by Crippen LogP contribution is 2.69. The van der Waals surface area contributed by atoms with Gasteiger partial charge in [-0.25, -0.2) is 0 Å². The number of ether oxygens (including phenoxy) is 2. The van der Waals surface area contributed by atoms with Gasteiger partial charge in [0.25, 0.3) is 5.91 Å². The number of nitrogens with two attached hydrogens (primary N) is 1. The molecular weight excluding hydrogens is 368 g/mol. The molecule has 0 radical (unpaired) electrons. The molecule has 0 heterocycles. The summed E-state index contributed by atoms with van der Waals surface area (Å²) in [6.07, 6.45) is 6.88. The third kappa shape index (κ3) is 3.81. The molecule has 29 heavy (non-hydrogen) atoms. The van der Waals surface area contributed by atoms with Gasteiger partial charge in [-0.05, 0) is 73.0 Å². The summed E-state index contributed by atoms with van der Waals surface area (Å²) in [6.45, 7) is 5.01. The van der Waals surface area contributed by atoms with Gasteiger partial charge in [0.05, 0.1) is 12.5 Å². The first-order valence-corrected chi connectivity index (χ1v) is 10.5. The number of hydrogen-bond acceptors (Lipinski definition) is 4. The van der Waals surface area contributed by atoms with Crippen molar-refractivity contribution in [2.45, 2.75) is 58.9 Å². The van der Waals surface area contributed by atoms with Crippen LogP contribution in [0.3, 0.4) is 0 Å². The SMILES string of the molecule is COc1cc(CNC(=O)C23CC4CC(C)(CC(C)(C4)C2)C3)ccc1OCC(N)=O. The summed E-state index contributed by atoms with van der Waals surface area (Å²) in [6, 6.07) is 5.45. The van der Waals surface area contributed by atoms with Crippen molar-refractivity contribution in [2.75, 3.05) is 13.7 Å². The molecule has 4 aliphatic rings. The molecule has 3 N–H and O–H groups in total. The molecule has 5 rings (SSSR count). The molecule has 6 heteroatoms. The molecule has 2 atom stereocenters. The second kappa shape index (κ2) is 6.92. The van der Waals surface area contributed by atoms with E-state index in [1.54, 1.807) is 13.2 Å². The summed E-state index contributed by atoms with van der Waals surface area (Å²) in [4.78, 5) is 24.3. The van der Waals surface area contributed by atoms with Crippen molar-refractivity contribution in [3.63, 3.8) is 0 Å². The second-order valence-corrected chi connectivity index (χ2v) is 10.3. The molecule has 4 fully saturated rings. The van der Waals surface area contributed by atoms with Crippen LogP contribution in [0.25, 0.3) is 0 Å². The predicted octanol–water partition coefficient (Wildman–Crippen LogP) is 3.17. The number of nitrogens with one attached hydrogen (secondary N) is 1. The van der Waals surface area contributed by atoms with Gasteiger partial charge >= 0.3 is 0 Å². The summed E-state index contributed by atoms with van der Waals surface area (Å²) in [5.41, 5.74) is 6.48. The van der Waals surface area contributed by atoms with E-state index in [2.05, 4.69) is 19.2 Å². The third-order valence-electron chi connectivity index (χ3n) is 7.16. The van der Waals surface area contributed by atoms with Crippen LogP contribution in [0.15, 0.2) is 18.2 Å². The van der Waals surface area contributed by atoms with Crippen LogP contribution in [-0.2, 0) is 16.1 Å². The number of hydrogen-bond donors (Lipinski definition) is 2. The topological polar surface area (TPSA) is 90.7 Å². The average Bonchev–Trinajstić information content (AvgIpc) is 2.61. The van der Waals surface area contributed by atoms with E-state index in [4.69, 9.17) is 15.2 Å². The predicted molar refractivity (Wildman–Crippen MR) is 109 cm³/mol. The third-order valence-corrected chi connectivity index (χ3v) is 7.16. The number of carbonyl (C=O) groups is 2. The zero-order valence-electron chi connectivity index (χ0n) is 17.7. The molecule has 1 aromatic carbocycles. The molecule has 2 unspecified atom stereocenters. The summed E-state index contributed by atoms with van der Waals surface area (Å²) < 4.78 is 10.7. The lowest BCUT2D eigenvalue weighted by Crippen LogP contribution is -2.59. The van der Waals surface area contributed by atoms with Gasteiger partial charge in [0.1, 0.15) is 0 Å². The van der Waals surface area contributed by atoms with Crippen LogP contribution in [0.1, 0.15) is 57.9 Å². The van der Waals surface area contributed by atoms with Gasteiger partial charge in [-0.15, -0.1) is 0 Å². The monoisotopic (exact) mass is 400 g/mol. The Morgan fingerprint density at radius 3 is 2.38 bits per heavy atom. The Kier molecular flexibility index (Phi) is 4.79. The number of carbonyl (C=O) groups excluding carboxylic acids is 2. The lowest BCUT2D eigenvalue weighted by atomic mass is 9.40. The highest BCUT2D eigenvalue weighted by atomic mass is 16.5. The number of benzene rings is 1. The lowest BCUT2D eigenvalue weighted by molar-refractivity contribution is -0.170. The first kappa shape index (κ1) is 20.0. The van der Waals surface area contributed by atoms with E-state index < -0.39 is 5.91 Å². The fourth-order valence-electron chi connectivity index (χ4n) is 7.16. The first-order valence-electron chi connectivity index (χ1n) is 10.5. The van der Waals surface area contributed by atoms with Crippen LogP contribution in [0.4, 0.5) is 0 Å². The largest absolute Gasteiger partial charge is 0.493 e. The smallest absolute Gasteiger partial charge is 0.255 e. The van der Waals surface area contributed by atoms with Crippen molar-refractivity contribution in [1.82, 2.24) is 5.32 Å². The van der Waals surface area contributed by atoms with E-state index in [0.717, 1.165) is 24.8 Å². The molecule has 4 saturated carbocycles. The number of primary amides is 1. The van der Waals surface area contributed by atoms with Gasteiger partial charge in [-0.3, -0.25) is 9.59 Å². The fraction of sp³-hybridized carbons (Fsp3) is 0.652. The molecule has 0 aliphatic heterocycles. The molecule has 1 aromatic rings. The standard InChI is InChI=1S/C23H32N2O4/c1-21-7-16-8-22(2,12-21)14-23(9-16,13-21)20(27)25-10-15-4-5-17(18(6-15)28-3)29-11-19(24)26/h4-6,16H,7-14H2,1-3H3,(H2,24,26)(H,25,27). The van der Waals surface area contributed by atoms with Crippen LogP contribution < -0.4 is 20.5 Å². The Hall–Kier alpha value is -2.24. The minimum Gasteiger partial charge on any atom is -0.493 e. The van der Waals surface area contributed by atoms with Crippen LogP contribution in [0.2, 0.25) is 0 Å². The van der Waals surface area contributed by atoms with Crippen molar-refractivity contribution in [1.29, 1.82) is 0 Å². The maximum atomic E-state index is 13.3. The molecule has 0 spiro atoms. The zero-order valence-corrected chi connectivity index (χ0v) is 17.7. The van der Waals surface area contributed by atoms with E-state index >= 15 is 0 Å². The van der Waals surface area contributed by atoms with Crippen molar-refractivity contribution in [3.8, 4) is 11.5 Å². The van der Waals surface area contributed by atoms with Crippen molar-refractivity contribution >= 4 is 11.8 Å². The Bertz CT molecular complexity index is 818. The maximum Gasteiger partial charge on any atom is 0.255 e. The number of methoxy groups -OCH3 is 1. The minimum atomic E-state index is -0.540. The summed E-state index contributed by atoms with van der Waals surface area (Å²) >= 11 is 0. The summed E-state index contributed by atoms with van der Waals surface area (Å²) in [5, 5.41) is 3.20. The Labute approximate surface area is 172 Å². The van der Waals surface area contributed by atoms with E-state index in [1.807, 2.05) is 12.1 Å². The van der Waals surface area contributed by atoms with Crippen LogP contribution in [-0.4, -0.2) is 25.5 Å². The fourth-order valence-corrected chi connectivity index (χ4v) is 7.16. The van der Waals surface area contributed by atoms with Crippen molar-refractivity contribution in [3.05, 3.63) is 23.8 Å². The van der Waals surface area contributed by atoms with E-state index in [-0.39, 0.29) is 17.9 Å². The number of rotatable bonds is 7. The van der Waals surface area contributed by atoms with Crippen molar-refractivity contribution in [2.24, 2.45) is 27.9 Å². The highest BCUT2D eigenvalue weighted by Gasteiger charge is 2.62. The first-order chi connectivity index (χ1) is 13.6. The number of amides is 2. The van der Waals surface area contributed by atoms with Crippen LogP contribution >= 0.6 is 0 Å². The molecule has 4 bridgehead atoms. The molecule has 0 aromatic heterocycles. The highest BCUT2D eigenvalue weighted by molar-refractivity contribution is 5.83. The van der Waals surface area contributed by atoms with Gasteiger partial charge in [0.2, 0.25) is 5.91 Å². The molecule has 6 nitrogen and oxygen atoms in total. The van der Waals surface area contributed by atoms with Gasteiger partial charge < -0.3 is 20.5 Å². The summed E-state index contributed by atoms with van der Waals surface area (Å²) in [7, 11) is 1.55. The van der Waals surface area contributed by atoms with Crippen molar-refractivity contribution < 1.29 is 19.1 Å². The van der Waals surface area contributed by atoms with Crippen LogP contribution in [0, 0.1) is 22.2 Å². The minimum absolute atomic E-state index is 0.201. The van der Waals surface area contributed by atoms with Crippen LogP contribution in [0.5, 0.6) is 11.5 Å². The maximum absolute atomic E-state index is 13.3. The normalized spacial score (nSPS) is 34.7. The summed E-state index contributed by atoms with van der Waals surface area (Å²) in [5.74, 6) is 1.33. The lowest BCUT2D eigenvalue weighted by Gasteiger charge is -2.64. The molecule has 0 saturated heterocycles. The molecular formula is C23H32N2O4. The quantitative estimate of drug-likeness (QED) is 0.735. The second-order valence-electron chi connectivity index (χ2n) is 10.3. The molecule has 158 valence electrons. The average molecular weight is 401 g/mol. The van der Waals surface area contributed by atoms with E-state index in [9.17, 15) is 9.59 Å². The Morgan fingerprint density at radius 2 is 1.79 bits per heavy atom. The van der Waals surface area contributed by atoms with Gasteiger partial charge in [0.15, 0.2) is 18.1 Å². The molecule has 2 amide bonds. The zero-order chi connectivity index (χ0) is 20.9. The van der Waals surface area contributed by atoms with E-state index in [0.29, 0.717) is 34.8 Å². The van der Waals surface area contributed by atoms with Gasteiger partial charge in [-0.2, -0.15) is 0 Å². The van der Waals surface area contributed by atoms with Gasteiger partial charge in [-0.1, -0.05) is 19.9 Å². The van der Waals surface area contributed by atoms with E-state index in [1.165, 1.54) is 19.3 Å². The Morgan fingerprint density at radius 1 is 1.10 bits per heavy atom. The molecule has 4 aliphatic carbocycles. The Balaban J connectivity index is 1.44.